The number of amides is 1. The van der Waals surface area contributed by atoms with Gasteiger partial charge in [-0.25, -0.2) is 26.7 Å². The van der Waals surface area contributed by atoms with Gasteiger partial charge in [-0.15, -0.1) is 0 Å². The normalized spacial score (nSPS) is 18.4. The summed E-state index contributed by atoms with van der Waals surface area (Å²) in [5.41, 5.74) is 0. The number of nitrogens with zero attached hydrogens (tertiary/aromatic N) is 1. The molecule has 1 N–H and O–H groups in total. The van der Waals surface area contributed by atoms with E-state index in [0.29, 0.717) is 0 Å². The largest absolute Gasteiger partial charge is 0.485 e. The third-order valence-corrected chi connectivity index (χ3v) is 6.38. The van der Waals surface area contributed by atoms with Gasteiger partial charge in [0.2, 0.25) is 15.9 Å². The Morgan fingerprint density at radius 2 is 1.91 bits per heavy atom. The smallest absolute Gasteiger partial charge is 0.328 e. The summed E-state index contributed by atoms with van der Waals surface area (Å²) in [6, 6.07) is 9.30. The molecule has 8 nitrogen and oxygen atoms in total. The number of sulfonamides is 1. The van der Waals surface area contributed by atoms with Crippen molar-refractivity contribution >= 4 is 21.9 Å². The molecule has 0 radical (unpaired) electrons. The number of esters is 1. The van der Waals surface area contributed by atoms with E-state index in [1.807, 2.05) is 0 Å². The third-order valence-electron chi connectivity index (χ3n) is 4.92. The Morgan fingerprint density at radius 1 is 1.16 bits per heavy atom. The van der Waals surface area contributed by atoms with Crippen LogP contribution in [0.4, 0.5) is 8.78 Å². The number of methoxy groups -OCH3 is 1. The van der Waals surface area contributed by atoms with Gasteiger partial charge in [-0.1, -0.05) is 18.2 Å². The van der Waals surface area contributed by atoms with Crippen molar-refractivity contribution in [2.75, 3.05) is 20.2 Å². The first kappa shape index (κ1) is 23.6. The lowest BCUT2D eigenvalue weighted by Crippen LogP contribution is -2.42. The fraction of sp³-hybridized carbons (Fsp3) is 0.333. The molecule has 2 aromatic carbocycles. The van der Waals surface area contributed by atoms with E-state index in [-0.39, 0.29) is 36.6 Å². The van der Waals surface area contributed by atoms with Gasteiger partial charge in [0.15, 0.2) is 11.6 Å². The van der Waals surface area contributed by atoms with Crippen molar-refractivity contribution in [2.24, 2.45) is 0 Å². The Balaban J connectivity index is 1.63. The van der Waals surface area contributed by atoms with Crippen molar-refractivity contribution in [3.63, 3.8) is 0 Å². The predicted molar refractivity (Wildman–Crippen MR) is 109 cm³/mol. The summed E-state index contributed by atoms with van der Waals surface area (Å²) in [4.78, 5) is 25.8. The Hall–Kier alpha value is -3.05. The molecule has 0 saturated carbocycles. The second kappa shape index (κ2) is 10.0. The number of carbonyl (C=O) groups excluding carboxylic acids is 2. The molecule has 3 rings (SSSR count). The van der Waals surface area contributed by atoms with E-state index in [9.17, 15) is 26.8 Å². The minimum atomic E-state index is -4.01. The van der Waals surface area contributed by atoms with Crippen LogP contribution in [0.2, 0.25) is 0 Å². The highest BCUT2D eigenvalue weighted by atomic mass is 32.2. The minimum absolute atomic E-state index is 0.00160. The number of halogens is 2. The summed E-state index contributed by atoms with van der Waals surface area (Å²) in [6.07, 6.45) is -0.806. The monoisotopic (exact) mass is 468 g/mol. The van der Waals surface area contributed by atoms with Crippen molar-refractivity contribution in [1.29, 1.82) is 0 Å². The zero-order valence-corrected chi connectivity index (χ0v) is 18.0. The molecule has 0 aromatic heterocycles. The number of rotatable bonds is 8. The number of hydrogen-bond acceptors (Lipinski definition) is 6. The average molecular weight is 468 g/mol. The quantitative estimate of drug-likeness (QED) is 0.594. The summed E-state index contributed by atoms with van der Waals surface area (Å²) < 4.78 is 64.3. The fourth-order valence-electron chi connectivity index (χ4n) is 3.39. The van der Waals surface area contributed by atoms with Gasteiger partial charge < -0.3 is 14.4 Å². The first-order chi connectivity index (χ1) is 15.2. The standard InChI is InChI=1S/C21H22F2N2O6S/c1-30-21(27)18-12-15(31-19-8-3-2-7-17(19)23)13-25(18)20(26)9-10-24-32(28,29)16-6-4-5-14(22)11-16/h2-8,11,15,18,24H,9-10,12-13H2,1H3. The van der Waals surface area contributed by atoms with Crippen molar-refractivity contribution in [2.45, 2.75) is 29.9 Å². The van der Waals surface area contributed by atoms with Crippen LogP contribution in [-0.4, -0.2) is 57.5 Å². The molecule has 0 bridgehead atoms. The summed E-state index contributed by atoms with van der Waals surface area (Å²) >= 11 is 0. The lowest BCUT2D eigenvalue weighted by Gasteiger charge is -2.22. The van der Waals surface area contributed by atoms with Gasteiger partial charge in [0.1, 0.15) is 18.0 Å². The molecule has 2 aromatic rings. The van der Waals surface area contributed by atoms with Gasteiger partial charge in [0.05, 0.1) is 18.6 Å². The van der Waals surface area contributed by atoms with Gasteiger partial charge in [0.25, 0.3) is 0 Å². The molecule has 1 fully saturated rings. The van der Waals surface area contributed by atoms with Crippen LogP contribution in [0.5, 0.6) is 5.75 Å². The highest BCUT2D eigenvalue weighted by Gasteiger charge is 2.41. The van der Waals surface area contributed by atoms with E-state index in [0.717, 1.165) is 12.1 Å². The molecule has 11 heteroatoms. The second-order valence-corrected chi connectivity index (χ2v) is 8.86. The first-order valence-electron chi connectivity index (χ1n) is 9.75. The topological polar surface area (TPSA) is 102 Å². The van der Waals surface area contributed by atoms with Crippen LogP contribution in [0.3, 0.4) is 0 Å². The third kappa shape index (κ3) is 5.60. The maximum absolute atomic E-state index is 13.9. The molecule has 1 amide bonds. The van der Waals surface area contributed by atoms with Crippen LogP contribution in [0.1, 0.15) is 12.8 Å². The van der Waals surface area contributed by atoms with Gasteiger partial charge in [0, 0.05) is 19.4 Å². The maximum atomic E-state index is 13.9. The van der Waals surface area contributed by atoms with Crippen molar-refractivity contribution in [1.82, 2.24) is 9.62 Å². The summed E-state index contributed by atoms with van der Waals surface area (Å²) in [5.74, 6) is -2.44. The molecule has 32 heavy (non-hydrogen) atoms. The Kier molecular flexibility index (Phi) is 7.41. The van der Waals surface area contributed by atoms with Crippen LogP contribution in [0.15, 0.2) is 53.4 Å². The SMILES string of the molecule is COC(=O)C1CC(Oc2ccccc2F)CN1C(=O)CCNS(=O)(=O)c1cccc(F)c1. The van der Waals surface area contributed by atoms with Crippen molar-refractivity contribution in [3.8, 4) is 5.75 Å². The van der Waals surface area contributed by atoms with Crippen LogP contribution in [0, 0.1) is 11.6 Å². The molecular formula is C21H22F2N2O6S. The lowest BCUT2D eigenvalue weighted by atomic mass is 10.2. The number of para-hydroxylation sites is 1. The molecule has 0 spiro atoms. The number of likely N-dealkylation sites (tertiary alicyclic amines) is 1. The number of nitrogens with one attached hydrogen (secondary N) is 1. The first-order valence-corrected chi connectivity index (χ1v) is 11.2. The van der Waals surface area contributed by atoms with Crippen LogP contribution < -0.4 is 9.46 Å². The molecule has 2 atom stereocenters. The van der Waals surface area contributed by atoms with Crippen LogP contribution in [0.25, 0.3) is 0 Å². The van der Waals surface area contributed by atoms with Gasteiger partial charge >= 0.3 is 5.97 Å². The van der Waals surface area contributed by atoms with Gasteiger partial charge in [-0.3, -0.25) is 4.79 Å². The van der Waals surface area contributed by atoms with Crippen LogP contribution >= 0.6 is 0 Å². The summed E-state index contributed by atoms with van der Waals surface area (Å²) in [5, 5.41) is 0. The van der Waals surface area contributed by atoms with E-state index >= 15 is 0 Å². The zero-order valence-electron chi connectivity index (χ0n) is 17.2. The molecule has 2 unspecified atom stereocenters. The van der Waals surface area contributed by atoms with Crippen molar-refractivity contribution < 1.29 is 36.3 Å². The molecule has 1 heterocycles. The molecule has 1 aliphatic rings. The van der Waals surface area contributed by atoms with Crippen molar-refractivity contribution in [3.05, 3.63) is 60.2 Å². The molecule has 172 valence electrons. The fourth-order valence-corrected chi connectivity index (χ4v) is 4.45. The van der Waals surface area contributed by atoms with Crippen LogP contribution in [-0.2, 0) is 24.3 Å². The number of ether oxygens (including phenoxy) is 2. The highest BCUT2D eigenvalue weighted by molar-refractivity contribution is 7.89. The number of hydrogen-bond donors (Lipinski definition) is 1. The average Bonchev–Trinajstić information content (AvgIpc) is 3.18. The van der Waals surface area contributed by atoms with E-state index in [1.165, 1.54) is 42.3 Å². The van der Waals surface area contributed by atoms with Gasteiger partial charge in [-0.2, -0.15) is 0 Å². The van der Waals surface area contributed by atoms with E-state index in [2.05, 4.69) is 4.72 Å². The Bertz CT molecular complexity index is 1100. The Labute approximate surface area is 184 Å². The molecule has 1 aliphatic heterocycles. The lowest BCUT2D eigenvalue weighted by molar-refractivity contribution is -0.150. The zero-order chi connectivity index (χ0) is 23.3. The molecule has 1 saturated heterocycles. The van der Waals surface area contributed by atoms with Gasteiger partial charge in [-0.05, 0) is 30.3 Å². The highest BCUT2D eigenvalue weighted by Crippen LogP contribution is 2.26. The van der Waals surface area contributed by atoms with E-state index in [4.69, 9.17) is 9.47 Å². The van der Waals surface area contributed by atoms with E-state index in [1.54, 1.807) is 6.07 Å². The molecule has 0 aliphatic carbocycles. The Morgan fingerprint density at radius 3 is 2.59 bits per heavy atom. The minimum Gasteiger partial charge on any atom is -0.485 e. The second-order valence-electron chi connectivity index (χ2n) is 7.10. The predicted octanol–water partition coefficient (Wildman–Crippen LogP) is 1.85. The van der Waals surface area contributed by atoms with E-state index < -0.39 is 45.7 Å². The summed E-state index contributed by atoms with van der Waals surface area (Å²) in [7, 11) is -2.83. The number of carbonyl (C=O) groups is 2. The molecular weight excluding hydrogens is 446 g/mol. The maximum Gasteiger partial charge on any atom is 0.328 e. The number of benzene rings is 2. The summed E-state index contributed by atoms with van der Waals surface area (Å²) in [6.45, 7) is -0.259.